The summed E-state index contributed by atoms with van der Waals surface area (Å²) in [6.07, 6.45) is 2.14. The molecule has 1 aromatic carbocycles. The van der Waals surface area contributed by atoms with Gasteiger partial charge in [-0.25, -0.2) is 13.6 Å². The number of nitrogens with two attached hydrogens (primary N) is 1. The summed E-state index contributed by atoms with van der Waals surface area (Å²) in [5.41, 5.74) is 0.732. The second-order valence-corrected chi connectivity index (χ2v) is 7.35. The maximum Gasteiger partial charge on any atom is 0.238 e. The molecule has 1 aliphatic heterocycles. The fraction of sp³-hybridized carbons (Fsp3) is 0.500. The predicted molar refractivity (Wildman–Crippen MR) is 92.3 cm³/mol. The molecule has 0 saturated carbocycles. The normalized spacial score (nSPS) is 17.2. The van der Waals surface area contributed by atoms with E-state index >= 15 is 0 Å². The molecule has 122 valence electrons. The zero-order valence-electron chi connectivity index (χ0n) is 12.6. The Morgan fingerprint density at radius 1 is 1.32 bits per heavy atom. The van der Waals surface area contributed by atoms with Crippen molar-refractivity contribution in [2.24, 2.45) is 5.14 Å². The Balaban J connectivity index is 1.85. The Hall–Kier alpha value is -1.22. The van der Waals surface area contributed by atoms with Crippen molar-refractivity contribution in [2.45, 2.75) is 30.7 Å². The number of piperidine rings is 1. The first-order chi connectivity index (χ1) is 10.4. The van der Waals surface area contributed by atoms with Gasteiger partial charge in [0.1, 0.15) is 0 Å². The lowest BCUT2D eigenvalue weighted by molar-refractivity contribution is 0.216. The van der Waals surface area contributed by atoms with Crippen LogP contribution >= 0.6 is 12.2 Å². The highest BCUT2D eigenvalue weighted by Gasteiger charge is 2.18. The fourth-order valence-corrected chi connectivity index (χ4v) is 3.27. The summed E-state index contributed by atoms with van der Waals surface area (Å²) >= 11 is 5.30. The number of likely N-dealkylation sites (tertiary alicyclic amines) is 1. The van der Waals surface area contributed by atoms with E-state index in [0.29, 0.717) is 11.2 Å². The molecule has 0 spiro atoms. The topological polar surface area (TPSA) is 87.5 Å². The Morgan fingerprint density at radius 2 is 1.91 bits per heavy atom. The van der Waals surface area contributed by atoms with Gasteiger partial charge in [-0.1, -0.05) is 6.92 Å². The third-order valence-corrected chi connectivity index (χ3v) is 4.96. The lowest BCUT2D eigenvalue weighted by atomic mass is 10.1. The summed E-state index contributed by atoms with van der Waals surface area (Å²) < 4.78 is 22.4. The van der Waals surface area contributed by atoms with Gasteiger partial charge in [-0.15, -0.1) is 0 Å². The van der Waals surface area contributed by atoms with Crippen LogP contribution in [0.25, 0.3) is 0 Å². The van der Waals surface area contributed by atoms with E-state index in [1.165, 1.54) is 12.1 Å². The minimum absolute atomic E-state index is 0.0869. The van der Waals surface area contributed by atoms with Crippen molar-refractivity contribution in [2.75, 3.05) is 25.0 Å². The van der Waals surface area contributed by atoms with Crippen molar-refractivity contribution >= 4 is 33.0 Å². The number of benzene rings is 1. The third kappa shape index (κ3) is 4.91. The molecule has 1 fully saturated rings. The van der Waals surface area contributed by atoms with Gasteiger partial charge in [0.05, 0.1) is 4.90 Å². The minimum atomic E-state index is -3.66. The van der Waals surface area contributed by atoms with E-state index in [0.717, 1.165) is 38.2 Å². The zero-order chi connectivity index (χ0) is 16.2. The first-order valence-corrected chi connectivity index (χ1v) is 9.26. The molecule has 0 radical (unpaired) electrons. The Bertz CT molecular complexity index is 608. The van der Waals surface area contributed by atoms with Crippen LogP contribution in [0.4, 0.5) is 5.69 Å². The SMILES string of the molecule is CCN1CCC(NC(=S)Nc2ccc(S(N)(=O)=O)cc2)CC1. The summed E-state index contributed by atoms with van der Waals surface area (Å²) in [7, 11) is -3.66. The molecule has 1 aliphatic rings. The van der Waals surface area contributed by atoms with Gasteiger partial charge in [-0.3, -0.25) is 0 Å². The predicted octanol–water partition coefficient (Wildman–Crippen LogP) is 1.10. The van der Waals surface area contributed by atoms with E-state index < -0.39 is 10.0 Å². The number of rotatable bonds is 4. The van der Waals surface area contributed by atoms with Crippen molar-refractivity contribution in [3.8, 4) is 0 Å². The van der Waals surface area contributed by atoms with Crippen LogP contribution in [0, 0.1) is 0 Å². The van der Waals surface area contributed by atoms with Crippen LogP contribution in [0.3, 0.4) is 0 Å². The molecule has 0 atom stereocenters. The van der Waals surface area contributed by atoms with E-state index in [2.05, 4.69) is 22.5 Å². The lowest BCUT2D eigenvalue weighted by Crippen LogP contribution is -2.45. The molecular weight excluding hydrogens is 320 g/mol. The van der Waals surface area contributed by atoms with Crippen molar-refractivity contribution in [3.63, 3.8) is 0 Å². The molecule has 0 amide bonds. The highest BCUT2D eigenvalue weighted by atomic mass is 32.2. The van der Waals surface area contributed by atoms with Crippen LogP contribution in [0.15, 0.2) is 29.2 Å². The molecule has 2 rings (SSSR count). The van der Waals surface area contributed by atoms with Crippen molar-refractivity contribution in [3.05, 3.63) is 24.3 Å². The molecule has 22 heavy (non-hydrogen) atoms. The number of hydrogen-bond donors (Lipinski definition) is 3. The van der Waals surface area contributed by atoms with Crippen LogP contribution in [0.1, 0.15) is 19.8 Å². The summed E-state index contributed by atoms with van der Waals surface area (Å²) in [5, 5.41) is 12.0. The molecule has 4 N–H and O–H groups in total. The Labute approximate surface area is 137 Å². The molecule has 6 nitrogen and oxygen atoms in total. The van der Waals surface area contributed by atoms with Gasteiger partial charge in [0.2, 0.25) is 10.0 Å². The lowest BCUT2D eigenvalue weighted by Gasteiger charge is -2.32. The van der Waals surface area contributed by atoms with Crippen molar-refractivity contribution in [1.82, 2.24) is 10.2 Å². The maximum atomic E-state index is 11.2. The number of thiocarbonyl (C=S) groups is 1. The number of anilines is 1. The highest BCUT2D eigenvalue weighted by molar-refractivity contribution is 7.89. The van der Waals surface area contributed by atoms with Crippen LogP contribution < -0.4 is 15.8 Å². The van der Waals surface area contributed by atoms with E-state index in [1.54, 1.807) is 12.1 Å². The minimum Gasteiger partial charge on any atom is -0.360 e. The molecule has 0 aliphatic carbocycles. The van der Waals surface area contributed by atoms with E-state index in [9.17, 15) is 8.42 Å². The average molecular weight is 342 g/mol. The van der Waals surface area contributed by atoms with Gasteiger partial charge in [0.15, 0.2) is 5.11 Å². The fourth-order valence-electron chi connectivity index (χ4n) is 2.47. The molecular formula is C14H22N4O2S2. The van der Waals surface area contributed by atoms with E-state index in [1.807, 2.05) is 0 Å². The Morgan fingerprint density at radius 3 is 2.41 bits per heavy atom. The van der Waals surface area contributed by atoms with Gasteiger partial charge in [-0.2, -0.15) is 0 Å². The number of hydrogen-bond acceptors (Lipinski definition) is 4. The van der Waals surface area contributed by atoms with Crippen LogP contribution in [0.5, 0.6) is 0 Å². The summed E-state index contributed by atoms with van der Waals surface area (Å²) in [6.45, 7) is 5.43. The summed E-state index contributed by atoms with van der Waals surface area (Å²) in [6, 6.07) is 6.59. The number of nitrogens with one attached hydrogen (secondary N) is 2. The van der Waals surface area contributed by atoms with Gasteiger partial charge in [0.25, 0.3) is 0 Å². The molecule has 0 aromatic heterocycles. The van der Waals surface area contributed by atoms with Crippen LogP contribution in [-0.2, 0) is 10.0 Å². The van der Waals surface area contributed by atoms with Gasteiger partial charge in [0, 0.05) is 24.8 Å². The number of primary sulfonamides is 1. The average Bonchev–Trinajstić information content (AvgIpc) is 2.47. The van der Waals surface area contributed by atoms with E-state index in [4.69, 9.17) is 17.4 Å². The quantitative estimate of drug-likeness (QED) is 0.711. The molecule has 0 bridgehead atoms. The monoisotopic (exact) mass is 342 g/mol. The van der Waals surface area contributed by atoms with Crippen molar-refractivity contribution < 1.29 is 8.42 Å². The molecule has 8 heteroatoms. The second kappa shape index (κ2) is 7.36. The standard InChI is InChI=1S/C14H22N4O2S2/c1-2-18-9-7-12(8-10-18)17-14(21)16-11-3-5-13(6-4-11)22(15,19)20/h3-6,12H,2,7-10H2,1H3,(H2,15,19,20)(H2,16,17,21). The first-order valence-electron chi connectivity index (χ1n) is 7.31. The van der Waals surface area contributed by atoms with Gasteiger partial charge < -0.3 is 15.5 Å². The van der Waals surface area contributed by atoms with Crippen LogP contribution in [0.2, 0.25) is 0 Å². The zero-order valence-corrected chi connectivity index (χ0v) is 14.2. The number of sulfonamides is 1. The van der Waals surface area contributed by atoms with Crippen LogP contribution in [-0.4, -0.2) is 44.1 Å². The molecule has 0 unspecified atom stereocenters. The third-order valence-electron chi connectivity index (χ3n) is 3.81. The second-order valence-electron chi connectivity index (χ2n) is 5.38. The summed E-state index contributed by atoms with van der Waals surface area (Å²) in [5.74, 6) is 0. The Kier molecular flexibility index (Phi) is 5.74. The van der Waals surface area contributed by atoms with Gasteiger partial charge in [-0.05, 0) is 55.9 Å². The largest absolute Gasteiger partial charge is 0.360 e. The molecule has 1 saturated heterocycles. The molecule has 1 aromatic rings. The first kappa shape index (κ1) is 17.1. The van der Waals surface area contributed by atoms with Gasteiger partial charge >= 0.3 is 0 Å². The van der Waals surface area contributed by atoms with Crippen molar-refractivity contribution in [1.29, 1.82) is 0 Å². The summed E-state index contributed by atoms with van der Waals surface area (Å²) in [4.78, 5) is 2.50. The van der Waals surface area contributed by atoms with E-state index in [-0.39, 0.29) is 4.90 Å². The molecule has 1 heterocycles. The number of nitrogens with zero attached hydrogens (tertiary/aromatic N) is 1. The smallest absolute Gasteiger partial charge is 0.238 e. The highest BCUT2D eigenvalue weighted by Crippen LogP contribution is 2.14. The maximum absolute atomic E-state index is 11.2.